The number of hydrogen-bond donors (Lipinski definition) is 2. The van der Waals surface area contributed by atoms with E-state index >= 15 is 0 Å². The van der Waals surface area contributed by atoms with Gasteiger partial charge in [0.25, 0.3) is 11.5 Å². The van der Waals surface area contributed by atoms with Crippen LogP contribution in [0.15, 0.2) is 59.4 Å². The molecule has 1 heterocycles. The van der Waals surface area contributed by atoms with Crippen LogP contribution in [0.3, 0.4) is 0 Å². The van der Waals surface area contributed by atoms with Crippen molar-refractivity contribution in [2.45, 2.75) is 46.0 Å². The average molecular weight is 565 g/mol. The summed E-state index contributed by atoms with van der Waals surface area (Å²) in [5.41, 5.74) is 0.369. The summed E-state index contributed by atoms with van der Waals surface area (Å²) in [6.07, 6.45) is 2.69. The monoisotopic (exact) mass is 564 g/mol. The van der Waals surface area contributed by atoms with Crippen molar-refractivity contribution in [1.82, 2.24) is 9.88 Å². The molecule has 0 saturated heterocycles. The number of aromatic hydroxyl groups is 1. The molecule has 0 bridgehead atoms. The lowest BCUT2D eigenvalue weighted by molar-refractivity contribution is 0.0749. The van der Waals surface area contributed by atoms with Crippen LogP contribution in [0, 0.1) is 5.82 Å². The summed E-state index contributed by atoms with van der Waals surface area (Å²) in [5, 5.41) is 11.6. The van der Waals surface area contributed by atoms with E-state index < -0.39 is 34.4 Å². The van der Waals surface area contributed by atoms with E-state index in [9.17, 15) is 23.9 Å². The van der Waals surface area contributed by atoms with Gasteiger partial charge in [0.05, 0.1) is 25.3 Å². The molecule has 0 unspecified atom stereocenters. The van der Waals surface area contributed by atoms with E-state index in [0.717, 1.165) is 18.9 Å². The minimum Gasteiger partial charge on any atom is -0.506 e. The number of carbonyl (C=O) groups excluding carboxylic acids is 2. The fourth-order valence-electron chi connectivity index (χ4n) is 4.70. The zero-order valence-corrected chi connectivity index (χ0v) is 24.0. The predicted molar refractivity (Wildman–Crippen MR) is 157 cm³/mol. The van der Waals surface area contributed by atoms with Gasteiger partial charge in [-0.3, -0.25) is 14.4 Å². The van der Waals surface area contributed by atoms with Crippen LogP contribution in [-0.2, 0) is 6.42 Å². The topological polar surface area (TPSA) is 109 Å². The number of Topliss-reactive ketones (excluding diaryl/α,β-unsaturated/α-hetero) is 1. The number of aromatic nitrogens is 1. The van der Waals surface area contributed by atoms with Gasteiger partial charge in [-0.25, -0.2) is 4.39 Å². The maximum absolute atomic E-state index is 13.8. The zero-order valence-electron chi connectivity index (χ0n) is 24.0. The number of nitrogens with zero attached hydrogens (tertiary/aromatic N) is 1. The Kier molecular flexibility index (Phi) is 10.9. The Bertz CT molecular complexity index is 1460. The summed E-state index contributed by atoms with van der Waals surface area (Å²) in [7, 11) is 2.97. The van der Waals surface area contributed by atoms with E-state index in [2.05, 4.69) is 11.6 Å². The molecule has 0 spiro atoms. The van der Waals surface area contributed by atoms with E-state index in [1.165, 1.54) is 37.3 Å². The molecule has 0 atom stereocenters. The number of carbonyl (C=O) groups is 2. The van der Waals surface area contributed by atoms with E-state index in [0.29, 0.717) is 35.6 Å². The number of aromatic amines is 1. The molecule has 3 aromatic rings. The number of amides is 1. The second-order valence-electron chi connectivity index (χ2n) is 9.66. The number of ether oxygens (including phenoxy) is 2. The highest BCUT2D eigenvalue weighted by Crippen LogP contribution is 2.44. The van der Waals surface area contributed by atoms with Crippen molar-refractivity contribution in [3.8, 4) is 28.4 Å². The molecule has 2 aromatic carbocycles. The number of halogens is 1. The molecule has 0 aliphatic rings. The fraction of sp³-hybridized carbons (Fsp3) is 0.344. The van der Waals surface area contributed by atoms with E-state index in [-0.39, 0.29) is 36.2 Å². The van der Waals surface area contributed by atoms with Crippen molar-refractivity contribution < 1.29 is 28.6 Å². The SMILES string of the molecule is C=C(CCN(CCC)C(=O)c1c(O)c(-c2c(OC)cccc2OC)c(CCCC)[nH]c1=O)C(=O)c1cccc(F)c1. The Morgan fingerprint density at radius 1 is 1.00 bits per heavy atom. The molecule has 8 nitrogen and oxygen atoms in total. The van der Waals surface area contributed by atoms with Crippen molar-refractivity contribution in [2.24, 2.45) is 0 Å². The van der Waals surface area contributed by atoms with Crippen molar-refractivity contribution in [3.05, 3.63) is 87.6 Å². The highest BCUT2D eigenvalue weighted by molar-refractivity contribution is 6.08. The maximum Gasteiger partial charge on any atom is 0.264 e. The molecule has 1 amide bonds. The smallest absolute Gasteiger partial charge is 0.264 e. The van der Waals surface area contributed by atoms with E-state index in [1.807, 2.05) is 13.8 Å². The number of unbranched alkanes of at least 4 members (excludes halogenated alkanes) is 1. The normalized spacial score (nSPS) is 10.8. The molecular weight excluding hydrogens is 527 g/mol. The van der Waals surface area contributed by atoms with Crippen molar-refractivity contribution in [1.29, 1.82) is 0 Å². The Balaban J connectivity index is 2.04. The van der Waals surface area contributed by atoms with Crippen LogP contribution in [0.5, 0.6) is 17.2 Å². The summed E-state index contributed by atoms with van der Waals surface area (Å²) < 4.78 is 24.7. The van der Waals surface area contributed by atoms with Gasteiger partial charge in [-0.15, -0.1) is 0 Å². The number of ketones is 1. The molecule has 1 aromatic heterocycles. The van der Waals surface area contributed by atoms with Gasteiger partial charge in [0, 0.05) is 24.3 Å². The van der Waals surface area contributed by atoms with E-state index in [1.54, 1.807) is 18.2 Å². The molecule has 0 aliphatic heterocycles. The number of benzene rings is 2. The Morgan fingerprint density at radius 3 is 2.24 bits per heavy atom. The summed E-state index contributed by atoms with van der Waals surface area (Å²) in [5.74, 6) is -1.32. The molecule has 0 radical (unpaired) electrons. The van der Waals surface area contributed by atoms with Crippen LogP contribution >= 0.6 is 0 Å². The van der Waals surface area contributed by atoms with Gasteiger partial charge in [0.15, 0.2) is 5.78 Å². The highest BCUT2D eigenvalue weighted by Gasteiger charge is 2.29. The summed E-state index contributed by atoms with van der Waals surface area (Å²) in [6.45, 7) is 8.05. The summed E-state index contributed by atoms with van der Waals surface area (Å²) in [6, 6.07) is 10.5. The van der Waals surface area contributed by atoms with Crippen LogP contribution in [0.4, 0.5) is 4.39 Å². The Hall–Kier alpha value is -4.40. The number of methoxy groups -OCH3 is 2. The largest absolute Gasteiger partial charge is 0.506 e. The minimum atomic E-state index is -0.716. The molecule has 2 N–H and O–H groups in total. The van der Waals surface area contributed by atoms with Crippen LogP contribution < -0.4 is 15.0 Å². The zero-order chi connectivity index (χ0) is 30.1. The standard InChI is InChI=1S/C32H37FN2O6/c1-6-8-13-23-26(27-24(40-4)14-10-15-25(27)41-5)30(37)28(31(38)34-23)32(39)35(17-7-2)18-16-20(3)29(36)21-11-9-12-22(33)19-21/h9-12,14-15,19H,3,6-8,13,16-18H2,1-2,4-5H3,(H2,34,37,38). The van der Waals surface area contributed by atoms with E-state index in [4.69, 9.17) is 9.47 Å². The first-order valence-electron chi connectivity index (χ1n) is 13.6. The summed E-state index contributed by atoms with van der Waals surface area (Å²) >= 11 is 0. The second-order valence-corrected chi connectivity index (χ2v) is 9.66. The molecule has 0 aliphatic carbocycles. The number of H-pyrrole nitrogens is 1. The van der Waals surface area contributed by atoms with Gasteiger partial charge >= 0.3 is 0 Å². The molecule has 3 rings (SSSR count). The van der Waals surface area contributed by atoms with Crippen molar-refractivity contribution in [2.75, 3.05) is 27.3 Å². The molecular formula is C32H37FN2O6. The first-order chi connectivity index (χ1) is 19.7. The quantitative estimate of drug-likeness (QED) is 0.186. The molecule has 9 heteroatoms. The van der Waals surface area contributed by atoms with Crippen LogP contribution in [-0.4, -0.2) is 54.0 Å². The maximum atomic E-state index is 13.8. The van der Waals surface area contributed by atoms with Crippen LogP contribution in [0.1, 0.15) is 65.9 Å². The summed E-state index contributed by atoms with van der Waals surface area (Å²) in [4.78, 5) is 44.1. The Morgan fingerprint density at radius 2 is 1.66 bits per heavy atom. The van der Waals surface area contributed by atoms with Gasteiger partial charge in [-0.1, -0.05) is 45.0 Å². The lowest BCUT2D eigenvalue weighted by Gasteiger charge is -2.24. The lowest BCUT2D eigenvalue weighted by atomic mass is 9.95. The average Bonchev–Trinajstić information content (AvgIpc) is 2.97. The number of nitrogens with one attached hydrogen (secondary N) is 1. The minimum absolute atomic E-state index is 0.0658. The molecule has 218 valence electrons. The third-order valence-electron chi connectivity index (χ3n) is 6.81. The fourth-order valence-corrected chi connectivity index (χ4v) is 4.70. The molecule has 41 heavy (non-hydrogen) atoms. The first-order valence-corrected chi connectivity index (χ1v) is 13.6. The Labute approximate surface area is 239 Å². The predicted octanol–water partition coefficient (Wildman–Crippen LogP) is 5.93. The first kappa shape index (κ1) is 31.1. The van der Waals surface area contributed by atoms with Gasteiger partial charge < -0.3 is 24.5 Å². The molecule has 0 saturated carbocycles. The third kappa shape index (κ3) is 7.03. The number of aryl methyl sites for hydroxylation is 1. The van der Waals surface area contributed by atoms with Crippen molar-refractivity contribution in [3.63, 3.8) is 0 Å². The van der Waals surface area contributed by atoms with Gasteiger partial charge in [0.1, 0.15) is 28.6 Å². The number of hydrogen-bond acceptors (Lipinski definition) is 6. The van der Waals surface area contributed by atoms with Crippen LogP contribution in [0.25, 0.3) is 11.1 Å². The van der Waals surface area contributed by atoms with Gasteiger partial charge in [0.2, 0.25) is 0 Å². The van der Waals surface area contributed by atoms with Gasteiger partial charge in [-0.05, 0) is 55.5 Å². The van der Waals surface area contributed by atoms with Crippen molar-refractivity contribution >= 4 is 11.7 Å². The third-order valence-corrected chi connectivity index (χ3v) is 6.81. The van der Waals surface area contributed by atoms with Crippen LogP contribution in [0.2, 0.25) is 0 Å². The number of pyridine rings is 1. The second kappa shape index (κ2) is 14.3. The number of rotatable bonds is 14. The van der Waals surface area contributed by atoms with Gasteiger partial charge in [-0.2, -0.15) is 0 Å². The lowest BCUT2D eigenvalue weighted by Crippen LogP contribution is -2.37. The highest BCUT2D eigenvalue weighted by atomic mass is 19.1. The molecule has 0 fully saturated rings.